The second-order valence-corrected chi connectivity index (χ2v) is 6.82. The number of likely N-dealkylation sites (tertiary alicyclic amines) is 1. The number of nitrogens with zero attached hydrogens (tertiary/aromatic N) is 2. The van der Waals surface area contributed by atoms with Crippen LogP contribution < -0.4 is 11.1 Å². The van der Waals surface area contributed by atoms with E-state index in [0.717, 1.165) is 25.2 Å². The van der Waals surface area contributed by atoms with Gasteiger partial charge >= 0.3 is 0 Å². The van der Waals surface area contributed by atoms with E-state index in [0.29, 0.717) is 6.54 Å². The highest BCUT2D eigenvalue weighted by Crippen LogP contribution is 2.22. The molecule has 3 rings (SSSR count). The van der Waals surface area contributed by atoms with Crippen molar-refractivity contribution >= 4 is 17.3 Å². The van der Waals surface area contributed by atoms with Gasteiger partial charge in [0.25, 0.3) is 11.6 Å². The summed E-state index contributed by atoms with van der Waals surface area (Å²) < 4.78 is 0. The molecule has 0 aromatic heterocycles. The number of piperidine rings is 1. The third kappa shape index (κ3) is 4.83. The predicted molar refractivity (Wildman–Crippen MR) is 104 cm³/mol. The first kappa shape index (κ1) is 18.8. The van der Waals surface area contributed by atoms with Crippen molar-refractivity contribution in [2.24, 2.45) is 0 Å². The quantitative estimate of drug-likeness (QED) is 0.463. The number of nitrogens with one attached hydrogen (secondary N) is 1. The van der Waals surface area contributed by atoms with Crippen LogP contribution in [-0.2, 0) is 13.1 Å². The molecular formula is C20H24N4O3. The molecular weight excluding hydrogens is 344 g/mol. The van der Waals surface area contributed by atoms with Crippen molar-refractivity contribution in [2.75, 3.05) is 18.8 Å². The maximum atomic E-state index is 12.4. The van der Waals surface area contributed by atoms with Crippen molar-refractivity contribution in [3.8, 4) is 0 Å². The lowest BCUT2D eigenvalue weighted by Crippen LogP contribution is -2.30. The molecule has 7 nitrogen and oxygen atoms in total. The molecule has 1 aliphatic rings. The van der Waals surface area contributed by atoms with Crippen LogP contribution in [0.4, 0.5) is 11.4 Å². The van der Waals surface area contributed by atoms with Crippen LogP contribution in [0.5, 0.6) is 0 Å². The van der Waals surface area contributed by atoms with Gasteiger partial charge in [0.15, 0.2) is 0 Å². The van der Waals surface area contributed by atoms with Crippen molar-refractivity contribution in [2.45, 2.75) is 32.4 Å². The highest BCUT2D eigenvalue weighted by molar-refractivity contribution is 5.95. The molecule has 2 aromatic carbocycles. The summed E-state index contributed by atoms with van der Waals surface area (Å²) in [5.41, 5.74) is 7.86. The van der Waals surface area contributed by atoms with E-state index in [1.807, 2.05) is 18.2 Å². The van der Waals surface area contributed by atoms with Crippen LogP contribution in [0.25, 0.3) is 0 Å². The first-order valence-corrected chi connectivity index (χ1v) is 9.16. The molecule has 1 amide bonds. The number of anilines is 1. The number of nitro benzene ring substituents is 1. The zero-order chi connectivity index (χ0) is 19.2. The molecule has 1 fully saturated rings. The maximum absolute atomic E-state index is 12.4. The Kier molecular flexibility index (Phi) is 6.03. The van der Waals surface area contributed by atoms with E-state index in [-0.39, 0.29) is 22.8 Å². The Morgan fingerprint density at radius 3 is 2.52 bits per heavy atom. The topological polar surface area (TPSA) is 102 Å². The van der Waals surface area contributed by atoms with Crippen molar-refractivity contribution in [3.63, 3.8) is 0 Å². The molecule has 0 bridgehead atoms. The molecule has 0 radical (unpaired) electrons. The standard InChI is InChI=1S/C20H24N4O3/c21-18-9-8-15(12-19(18)24(26)27)20(25)22-13-16-6-2-3-7-17(16)14-23-10-4-1-5-11-23/h2-3,6-9,12H,1,4-5,10-11,13-14,21H2,(H,22,25). The Labute approximate surface area is 158 Å². The van der Waals surface area contributed by atoms with Gasteiger partial charge in [-0.15, -0.1) is 0 Å². The Balaban J connectivity index is 1.67. The second kappa shape index (κ2) is 8.64. The Morgan fingerprint density at radius 1 is 1.11 bits per heavy atom. The minimum atomic E-state index is -0.583. The van der Waals surface area contributed by atoms with Crippen molar-refractivity contribution in [3.05, 3.63) is 69.3 Å². The number of hydrogen-bond donors (Lipinski definition) is 2. The monoisotopic (exact) mass is 368 g/mol. The zero-order valence-electron chi connectivity index (χ0n) is 15.2. The Morgan fingerprint density at radius 2 is 1.81 bits per heavy atom. The fourth-order valence-electron chi connectivity index (χ4n) is 3.36. The van der Waals surface area contributed by atoms with E-state index in [1.165, 1.54) is 43.0 Å². The van der Waals surface area contributed by atoms with Crippen LogP contribution >= 0.6 is 0 Å². The van der Waals surface area contributed by atoms with Crippen LogP contribution in [0.1, 0.15) is 40.7 Å². The van der Waals surface area contributed by atoms with Crippen molar-refractivity contribution in [1.82, 2.24) is 10.2 Å². The first-order valence-electron chi connectivity index (χ1n) is 9.16. The highest BCUT2D eigenvalue weighted by Gasteiger charge is 2.16. The third-order valence-electron chi connectivity index (χ3n) is 4.89. The summed E-state index contributed by atoms with van der Waals surface area (Å²) in [7, 11) is 0. The maximum Gasteiger partial charge on any atom is 0.292 e. The van der Waals surface area contributed by atoms with Crippen LogP contribution in [0.2, 0.25) is 0 Å². The molecule has 1 saturated heterocycles. The molecule has 7 heteroatoms. The summed E-state index contributed by atoms with van der Waals surface area (Å²) in [6.45, 7) is 3.46. The number of carbonyl (C=O) groups excluding carboxylic acids is 1. The molecule has 0 saturated carbocycles. The van der Waals surface area contributed by atoms with Gasteiger partial charge in [0.05, 0.1) is 4.92 Å². The summed E-state index contributed by atoms with van der Waals surface area (Å²) in [6, 6.07) is 12.2. The third-order valence-corrected chi connectivity index (χ3v) is 4.89. The fraction of sp³-hybridized carbons (Fsp3) is 0.350. The average molecular weight is 368 g/mol. The van der Waals surface area contributed by atoms with Gasteiger partial charge in [-0.3, -0.25) is 19.8 Å². The number of hydrogen-bond acceptors (Lipinski definition) is 5. The van der Waals surface area contributed by atoms with E-state index in [4.69, 9.17) is 5.73 Å². The van der Waals surface area contributed by atoms with Crippen LogP contribution in [0.15, 0.2) is 42.5 Å². The summed E-state index contributed by atoms with van der Waals surface area (Å²) in [6.07, 6.45) is 3.76. The largest absolute Gasteiger partial charge is 0.393 e. The van der Waals surface area contributed by atoms with Gasteiger partial charge < -0.3 is 11.1 Å². The molecule has 2 aromatic rings. The van der Waals surface area contributed by atoms with Crippen LogP contribution in [-0.4, -0.2) is 28.8 Å². The van der Waals surface area contributed by atoms with Crippen LogP contribution in [0.3, 0.4) is 0 Å². The Hall–Kier alpha value is -2.93. The van der Waals surface area contributed by atoms with E-state index in [2.05, 4.69) is 16.3 Å². The second-order valence-electron chi connectivity index (χ2n) is 6.82. The summed E-state index contributed by atoms with van der Waals surface area (Å²) in [5, 5.41) is 13.9. The van der Waals surface area contributed by atoms with Crippen LogP contribution in [0, 0.1) is 10.1 Å². The van der Waals surface area contributed by atoms with Gasteiger partial charge in [0, 0.05) is 24.7 Å². The number of nitrogens with two attached hydrogens (primary N) is 1. The smallest absolute Gasteiger partial charge is 0.292 e. The Bertz CT molecular complexity index is 832. The van der Waals surface area contributed by atoms with Gasteiger partial charge in [-0.1, -0.05) is 30.7 Å². The lowest BCUT2D eigenvalue weighted by Gasteiger charge is -2.27. The summed E-state index contributed by atoms with van der Waals surface area (Å²) >= 11 is 0. The SMILES string of the molecule is Nc1ccc(C(=O)NCc2ccccc2CN2CCCCC2)cc1[N+](=O)[O-]. The number of carbonyl (C=O) groups is 1. The van der Waals surface area contributed by atoms with Gasteiger partial charge in [0.2, 0.25) is 0 Å². The number of amides is 1. The molecule has 0 spiro atoms. The minimum Gasteiger partial charge on any atom is -0.393 e. The molecule has 3 N–H and O–H groups in total. The molecule has 0 aliphatic carbocycles. The molecule has 1 heterocycles. The van der Waals surface area contributed by atoms with E-state index >= 15 is 0 Å². The molecule has 0 atom stereocenters. The fourth-order valence-corrected chi connectivity index (χ4v) is 3.36. The number of nitrogen functional groups attached to an aromatic ring is 1. The first-order chi connectivity index (χ1) is 13.0. The number of rotatable bonds is 6. The van der Waals surface area contributed by atoms with Crippen molar-refractivity contribution in [1.29, 1.82) is 0 Å². The number of nitro groups is 1. The highest BCUT2D eigenvalue weighted by atomic mass is 16.6. The van der Waals surface area contributed by atoms with Gasteiger partial charge in [0.1, 0.15) is 5.69 Å². The van der Waals surface area contributed by atoms with E-state index in [9.17, 15) is 14.9 Å². The van der Waals surface area contributed by atoms with E-state index in [1.54, 1.807) is 0 Å². The average Bonchev–Trinajstić information content (AvgIpc) is 2.68. The van der Waals surface area contributed by atoms with E-state index < -0.39 is 4.92 Å². The van der Waals surface area contributed by atoms with Gasteiger partial charge in [-0.25, -0.2) is 0 Å². The molecule has 27 heavy (non-hydrogen) atoms. The minimum absolute atomic E-state index is 0.0448. The number of benzene rings is 2. The summed E-state index contributed by atoms with van der Waals surface area (Å²) in [4.78, 5) is 25.3. The van der Waals surface area contributed by atoms with Crippen molar-refractivity contribution < 1.29 is 9.72 Å². The summed E-state index contributed by atoms with van der Waals surface area (Å²) in [5.74, 6) is -0.356. The van der Waals surface area contributed by atoms with Gasteiger partial charge in [-0.05, 0) is 49.2 Å². The zero-order valence-corrected chi connectivity index (χ0v) is 15.2. The van der Waals surface area contributed by atoms with Gasteiger partial charge in [-0.2, -0.15) is 0 Å². The molecule has 142 valence electrons. The lowest BCUT2D eigenvalue weighted by molar-refractivity contribution is -0.383. The predicted octanol–water partition coefficient (Wildman–Crippen LogP) is 3.09. The molecule has 0 unspecified atom stereocenters. The molecule has 1 aliphatic heterocycles. The normalized spacial score (nSPS) is 14.7. The lowest BCUT2D eigenvalue weighted by atomic mass is 10.0.